The number of ether oxygens (including phenoxy) is 1. The molecular weight excluding hydrogens is 242 g/mol. The predicted octanol–water partition coefficient (Wildman–Crippen LogP) is 3.32. The molecular formula is C15H17NOS. The minimum absolute atomic E-state index is 0.222. The normalized spacial score (nSPS) is 17.7. The summed E-state index contributed by atoms with van der Waals surface area (Å²) in [7, 11) is 0. The van der Waals surface area contributed by atoms with Crippen molar-refractivity contribution < 1.29 is 4.74 Å². The second-order valence-corrected chi connectivity index (χ2v) is 5.52. The largest absolute Gasteiger partial charge is 0.493 e. The first-order chi connectivity index (χ1) is 8.83. The number of nitrogens with two attached hydrogens (primary N) is 1. The molecule has 0 fully saturated rings. The van der Waals surface area contributed by atoms with Gasteiger partial charge in [0, 0.05) is 12.5 Å². The number of aryl methyl sites for hydroxylation is 1. The van der Waals surface area contributed by atoms with Crippen LogP contribution in [0.25, 0.3) is 0 Å². The van der Waals surface area contributed by atoms with E-state index in [0.29, 0.717) is 0 Å². The second kappa shape index (κ2) is 5.12. The van der Waals surface area contributed by atoms with Gasteiger partial charge in [0.2, 0.25) is 0 Å². The van der Waals surface area contributed by atoms with Crippen molar-refractivity contribution >= 4 is 11.3 Å². The molecule has 2 N–H and O–H groups in total. The lowest BCUT2D eigenvalue weighted by Gasteiger charge is -2.09. The molecule has 1 aliphatic rings. The fraction of sp³-hybridized carbons (Fsp3) is 0.333. The Bertz CT molecular complexity index is 521. The first-order valence-electron chi connectivity index (χ1n) is 6.35. The van der Waals surface area contributed by atoms with E-state index in [-0.39, 0.29) is 6.04 Å². The third kappa shape index (κ3) is 2.42. The lowest BCUT2D eigenvalue weighted by Crippen LogP contribution is -2.05. The van der Waals surface area contributed by atoms with Crippen molar-refractivity contribution in [1.82, 2.24) is 0 Å². The van der Waals surface area contributed by atoms with Crippen LogP contribution in [0.4, 0.5) is 0 Å². The summed E-state index contributed by atoms with van der Waals surface area (Å²) in [6.07, 6.45) is 3.12. The summed E-state index contributed by atoms with van der Waals surface area (Å²) in [5.74, 6) is 0.970. The Labute approximate surface area is 111 Å². The molecule has 0 radical (unpaired) electrons. The van der Waals surface area contributed by atoms with Gasteiger partial charge in [0.1, 0.15) is 5.75 Å². The summed E-state index contributed by atoms with van der Waals surface area (Å²) >= 11 is 1.73. The summed E-state index contributed by atoms with van der Waals surface area (Å²) < 4.78 is 5.80. The van der Waals surface area contributed by atoms with Crippen LogP contribution in [0.1, 0.15) is 29.2 Å². The molecule has 1 heterocycles. The number of hydrogen-bond donors (Lipinski definition) is 1. The average Bonchev–Trinajstić information content (AvgIpc) is 3.00. The van der Waals surface area contributed by atoms with E-state index in [1.165, 1.54) is 16.7 Å². The maximum absolute atomic E-state index is 6.02. The molecule has 0 saturated carbocycles. The molecule has 1 aromatic heterocycles. The van der Waals surface area contributed by atoms with Gasteiger partial charge in [-0.3, -0.25) is 0 Å². The predicted molar refractivity (Wildman–Crippen MR) is 75.2 cm³/mol. The third-order valence-electron chi connectivity index (χ3n) is 3.48. The van der Waals surface area contributed by atoms with Crippen LogP contribution in [-0.4, -0.2) is 6.61 Å². The summed E-state index contributed by atoms with van der Waals surface area (Å²) in [6.45, 7) is 0.738. The summed E-state index contributed by atoms with van der Waals surface area (Å²) in [6, 6.07) is 8.68. The average molecular weight is 259 g/mol. The Hall–Kier alpha value is -1.32. The monoisotopic (exact) mass is 259 g/mol. The fourth-order valence-electron chi connectivity index (χ4n) is 2.44. The van der Waals surface area contributed by atoms with Gasteiger partial charge in [-0.15, -0.1) is 0 Å². The summed E-state index contributed by atoms with van der Waals surface area (Å²) in [4.78, 5) is 0. The number of rotatable bonds is 4. The molecule has 1 aromatic carbocycles. The minimum Gasteiger partial charge on any atom is -0.493 e. The van der Waals surface area contributed by atoms with Gasteiger partial charge < -0.3 is 10.5 Å². The van der Waals surface area contributed by atoms with Crippen LogP contribution in [0.15, 0.2) is 35.0 Å². The van der Waals surface area contributed by atoms with E-state index in [2.05, 4.69) is 29.0 Å². The van der Waals surface area contributed by atoms with Crippen molar-refractivity contribution in [2.75, 3.05) is 6.61 Å². The number of thiophene rings is 1. The van der Waals surface area contributed by atoms with E-state index in [0.717, 1.165) is 31.6 Å². The van der Waals surface area contributed by atoms with E-state index in [1.807, 2.05) is 6.07 Å². The van der Waals surface area contributed by atoms with Crippen LogP contribution >= 0.6 is 11.3 Å². The standard InChI is InChI=1S/C15H17NOS/c16-15-4-1-12-9-13(2-3-14(12)15)17-7-5-11-6-8-18-10-11/h2-3,6,8-10,15H,1,4-5,7,16H2/t15-/m1/s1. The molecule has 18 heavy (non-hydrogen) atoms. The van der Waals surface area contributed by atoms with Crippen molar-refractivity contribution in [3.8, 4) is 5.75 Å². The van der Waals surface area contributed by atoms with Crippen molar-refractivity contribution in [1.29, 1.82) is 0 Å². The Balaban J connectivity index is 1.60. The van der Waals surface area contributed by atoms with Crippen LogP contribution in [0, 0.1) is 0 Å². The van der Waals surface area contributed by atoms with E-state index >= 15 is 0 Å². The Morgan fingerprint density at radius 3 is 3.11 bits per heavy atom. The molecule has 2 aromatic rings. The van der Waals surface area contributed by atoms with E-state index in [4.69, 9.17) is 10.5 Å². The maximum Gasteiger partial charge on any atom is 0.119 e. The minimum atomic E-state index is 0.222. The molecule has 3 heteroatoms. The molecule has 94 valence electrons. The van der Waals surface area contributed by atoms with Gasteiger partial charge in [0.15, 0.2) is 0 Å². The Kier molecular flexibility index (Phi) is 3.35. The van der Waals surface area contributed by atoms with Gasteiger partial charge in [-0.05, 0) is 58.5 Å². The van der Waals surface area contributed by atoms with E-state index in [1.54, 1.807) is 11.3 Å². The van der Waals surface area contributed by atoms with Gasteiger partial charge in [0.05, 0.1) is 6.61 Å². The highest BCUT2D eigenvalue weighted by atomic mass is 32.1. The van der Waals surface area contributed by atoms with Crippen LogP contribution in [-0.2, 0) is 12.8 Å². The highest BCUT2D eigenvalue weighted by molar-refractivity contribution is 7.07. The lowest BCUT2D eigenvalue weighted by atomic mass is 10.1. The number of benzene rings is 1. The zero-order chi connectivity index (χ0) is 12.4. The van der Waals surface area contributed by atoms with E-state index in [9.17, 15) is 0 Å². The third-order valence-corrected chi connectivity index (χ3v) is 4.21. The van der Waals surface area contributed by atoms with Gasteiger partial charge in [-0.1, -0.05) is 6.07 Å². The molecule has 0 saturated heterocycles. The van der Waals surface area contributed by atoms with Crippen LogP contribution < -0.4 is 10.5 Å². The first kappa shape index (κ1) is 11.8. The molecule has 0 spiro atoms. The molecule has 0 aliphatic heterocycles. The van der Waals surface area contributed by atoms with Gasteiger partial charge in [-0.25, -0.2) is 0 Å². The van der Waals surface area contributed by atoms with Crippen molar-refractivity contribution in [2.24, 2.45) is 5.73 Å². The summed E-state index contributed by atoms with van der Waals surface area (Å²) in [5.41, 5.74) is 10.0. The van der Waals surface area contributed by atoms with Gasteiger partial charge in [0.25, 0.3) is 0 Å². The first-order valence-corrected chi connectivity index (χ1v) is 7.29. The highest BCUT2D eigenvalue weighted by Gasteiger charge is 2.18. The number of fused-ring (bicyclic) bond motifs is 1. The molecule has 1 aliphatic carbocycles. The number of hydrogen-bond acceptors (Lipinski definition) is 3. The topological polar surface area (TPSA) is 35.2 Å². The highest BCUT2D eigenvalue weighted by Crippen LogP contribution is 2.31. The molecule has 2 nitrogen and oxygen atoms in total. The zero-order valence-electron chi connectivity index (χ0n) is 10.3. The molecule has 1 atom stereocenters. The van der Waals surface area contributed by atoms with Crippen molar-refractivity contribution in [3.63, 3.8) is 0 Å². The van der Waals surface area contributed by atoms with Crippen LogP contribution in [0.3, 0.4) is 0 Å². The maximum atomic E-state index is 6.02. The van der Waals surface area contributed by atoms with Crippen molar-refractivity contribution in [2.45, 2.75) is 25.3 Å². The SMILES string of the molecule is N[C@@H]1CCc2cc(OCCc3ccsc3)ccc21. The second-order valence-electron chi connectivity index (χ2n) is 4.74. The van der Waals surface area contributed by atoms with Gasteiger partial charge in [-0.2, -0.15) is 11.3 Å². The van der Waals surface area contributed by atoms with E-state index < -0.39 is 0 Å². The fourth-order valence-corrected chi connectivity index (χ4v) is 3.14. The summed E-state index contributed by atoms with van der Waals surface area (Å²) in [5, 5.41) is 4.27. The Morgan fingerprint density at radius 1 is 1.33 bits per heavy atom. The molecule has 0 bridgehead atoms. The van der Waals surface area contributed by atoms with Crippen molar-refractivity contribution in [3.05, 3.63) is 51.7 Å². The zero-order valence-corrected chi connectivity index (χ0v) is 11.1. The lowest BCUT2D eigenvalue weighted by molar-refractivity contribution is 0.322. The molecule has 0 amide bonds. The molecule has 3 rings (SSSR count). The van der Waals surface area contributed by atoms with Crippen LogP contribution in [0.2, 0.25) is 0 Å². The Morgan fingerprint density at radius 2 is 2.28 bits per heavy atom. The smallest absolute Gasteiger partial charge is 0.119 e. The molecule has 0 unspecified atom stereocenters. The quantitative estimate of drug-likeness (QED) is 0.914. The van der Waals surface area contributed by atoms with Gasteiger partial charge >= 0.3 is 0 Å². The van der Waals surface area contributed by atoms with Crippen LogP contribution in [0.5, 0.6) is 5.75 Å².